The molecule has 5 heteroatoms. The highest BCUT2D eigenvalue weighted by molar-refractivity contribution is 7.74. The van der Waals surface area contributed by atoms with Crippen molar-refractivity contribution in [1.82, 2.24) is 0 Å². The van der Waals surface area contributed by atoms with Gasteiger partial charge in [0.1, 0.15) is 11.6 Å². The number of benzene rings is 2. The van der Waals surface area contributed by atoms with Gasteiger partial charge in [-0.15, -0.1) is 0 Å². The van der Waals surface area contributed by atoms with Crippen LogP contribution < -0.4 is 10.6 Å². The van der Waals surface area contributed by atoms with Crippen molar-refractivity contribution in [1.29, 1.82) is 0 Å². The molecule has 0 radical (unpaired) electrons. The van der Waals surface area contributed by atoms with Gasteiger partial charge in [0.05, 0.1) is 10.6 Å². The lowest BCUT2D eigenvalue weighted by Gasteiger charge is -2.17. The summed E-state index contributed by atoms with van der Waals surface area (Å²) in [5.41, 5.74) is 0. The third-order valence-electron chi connectivity index (χ3n) is 2.60. The molecule has 2 rings (SSSR count). The Labute approximate surface area is 104 Å². The van der Waals surface area contributed by atoms with E-state index in [1.165, 1.54) is 55.6 Å². The average Bonchev–Trinajstić information content (AvgIpc) is 2.39. The molecule has 0 aromatic heterocycles. The normalized spacial score (nSPS) is 11.5. The molecule has 94 valence electrons. The van der Waals surface area contributed by atoms with Crippen LogP contribution in [0.5, 0.6) is 0 Å². The third kappa shape index (κ3) is 2.09. The number of hydrogen-bond acceptors (Lipinski definition) is 2. The van der Waals surface area contributed by atoms with Crippen LogP contribution in [0, 0.1) is 11.6 Å². The molecule has 2 aromatic carbocycles. The number of halogens is 2. The number of rotatable bonds is 3. The van der Waals surface area contributed by atoms with Crippen LogP contribution in [0.15, 0.2) is 48.5 Å². The van der Waals surface area contributed by atoms with Gasteiger partial charge in [0.25, 0.3) is 7.37 Å². The Hall–Kier alpha value is -1.51. The zero-order valence-corrected chi connectivity index (χ0v) is 10.5. The second kappa shape index (κ2) is 5.01. The molecule has 2 nitrogen and oxygen atoms in total. The van der Waals surface area contributed by atoms with Crippen LogP contribution in [0.25, 0.3) is 0 Å². The molecule has 18 heavy (non-hydrogen) atoms. The minimum absolute atomic E-state index is 0.127. The van der Waals surface area contributed by atoms with Gasteiger partial charge < -0.3 is 4.52 Å². The first-order valence-corrected chi connectivity index (χ1v) is 6.88. The SMILES string of the molecule is COP(=O)(c1ccccc1F)c1ccccc1F. The van der Waals surface area contributed by atoms with Gasteiger partial charge in [-0.2, -0.15) is 0 Å². The minimum atomic E-state index is -3.73. The van der Waals surface area contributed by atoms with Gasteiger partial charge in [0.15, 0.2) is 0 Å². The lowest BCUT2D eigenvalue weighted by Crippen LogP contribution is -2.22. The van der Waals surface area contributed by atoms with Crippen molar-refractivity contribution in [3.63, 3.8) is 0 Å². The Balaban J connectivity index is 2.68. The van der Waals surface area contributed by atoms with Crippen LogP contribution in [-0.4, -0.2) is 7.11 Å². The predicted octanol–water partition coefficient (Wildman–Crippen LogP) is 2.84. The van der Waals surface area contributed by atoms with Crippen LogP contribution >= 0.6 is 7.37 Å². The summed E-state index contributed by atoms with van der Waals surface area (Å²) < 4.78 is 45.1. The summed E-state index contributed by atoms with van der Waals surface area (Å²) in [7, 11) is -2.55. The molecule has 2 aromatic rings. The Bertz CT molecular complexity index is 564. The van der Waals surface area contributed by atoms with E-state index < -0.39 is 19.0 Å². The van der Waals surface area contributed by atoms with Crippen molar-refractivity contribution in [2.45, 2.75) is 0 Å². The zero-order valence-electron chi connectivity index (χ0n) is 9.64. The molecule has 0 atom stereocenters. The lowest BCUT2D eigenvalue weighted by molar-refractivity contribution is 0.409. The van der Waals surface area contributed by atoms with Crippen LogP contribution in [0.4, 0.5) is 8.78 Å². The standard InChI is InChI=1S/C13H11F2O2P/c1-17-18(16,12-8-4-2-6-10(12)14)13-9-5-3-7-11(13)15/h2-9H,1H3. The maximum atomic E-state index is 13.7. The van der Waals surface area contributed by atoms with Crippen LogP contribution in [-0.2, 0) is 9.09 Å². The first-order chi connectivity index (χ1) is 8.59. The van der Waals surface area contributed by atoms with Crippen LogP contribution in [0.1, 0.15) is 0 Å². The maximum absolute atomic E-state index is 13.7. The average molecular weight is 268 g/mol. The van der Waals surface area contributed by atoms with Gasteiger partial charge in [-0.05, 0) is 24.3 Å². The second-order valence-corrected chi connectivity index (χ2v) is 6.07. The first kappa shape index (κ1) is 12.9. The molecule has 0 heterocycles. The highest BCUT2D eigenvalue weighted by atomic mass is 31.2. The van der Waals surface area contributed by atoms with Crippen molar-refractivity contribution in [2.24, 2.45) is 0 Å². The fourth-order valence-electron chi connectivity index (χ4n) is 1.71. The Kier molecular flexibility index (Phi) is 3.60. The Morgan fingerprint density at radius 2 is 1.28 bits per heavy atom. The van der Waals surface area contributed by atoms with Gasteiger partial charge in [-0.3, -0.25) is 4.57 Å². The summed E-state index contributed by atoms with van der Waals surface area (Å²) in [6.45, 7) is 0. The van der Waals surface area contributed by atoms with Crippen molar-refractivity contribution in [2.75, 3.05) is 7.11 Å². The number of hydrogen-bond donors (Lipinski definition) is 0. The van der Waals surface area contributed by atoms with E-state index in [2.05, 4.69) is 0 Å². The molecule has 0 N–H and O–H groups in total. The molecule has 0 unspecified atom stereocenters. The van der Waals surface area contributed by atoms with Crippen molar-refractivity contribution in [3.8, 4) is 0 Å². The van der Waals surface area contributed by atoms with E-state index >= 15 is 0 Å². The summed E-state index contributed by atoms with van der Waals surface area (Å²) in [6.07, 6.45) is 0. The highest BCUT2D eigenvalue weighted by Gasteiger charge is 2.32. The lowest BCUT2D eigenvalue weighted by atomic mass is 10.3. The van der Waals surface area contributed by atoms with Crippen LogP contribution in [0.3, 0.4) is 0 Å². The maximum Gasteiger partial charge on any atom is 0.266 e. The molecule has 0 aliphatic carbocycles. The zero-order chi connectivity index (χ0) is 13.2. The molecule has 0 aliphatic heterocycles. The fraction of sp³-hybridized carbons (Fsp3) is 0.0769. The molecule has 0 amide bonds. The topological polar surface area (TPSA) is 26.3 Å². The molecular formula is C13H11F2O2P. The molecule has 0 bridgehead atoms. The van der Waals surface area contributed by atoms with Gasteiger partial charge >= 0.3 is 0 Å². The minimum Gasteiger partial charge on any atom is -0.325 e. The molecule has 0 saturated heterocycles. The molecule has 0 spiro atoms. The van der Waals surface area contributed by atoms with E-state index in [1.807, 2.05) is 0 Å². The monoisotopic (exact) mass is 268 g/mol. The van der Waals surface area contributed by atoms with E-state index in [1.54, 1.807) is 0 Å². The van der Waals surface area contributed by atoms with Gasteiger partial charge in [-0.1, -0.05) is 24.3 Å². The fourth-order valence-corrected chi connectivity index (χ4v) is 3.64. The predicted molar refractivity (Wildman–Crippen MR) is 66.7 cm³/mol. The summed E-state index contributed by atoms with van der Waals surface area (Å²) in [6, 6.07) is 11.0. The van der Waals surface area contributed by atoms with E-state index in [-0.39, 0.29) is 10.6 Å². The van der Waals surface area contributed by atoms with E-state index in [4.69, 9.17) is 4.52 Å². The first-order valence-electron chi connectivity index (χ1n) is 5.25. The molecule has 0 fully saturated rings. The Morgan fingerprint density at radius 3 is 1.61 bits per heavy atom. The van der Waals surface area contributed by atoms with Gasteiger partial charge in [0.2, 0.25) is 0 Å². The van der Waals surface area contributed by atoms with Crippen molar-refractivity contribution in [3.05, 3.63) is 60.2 Å². The van der Waals surface area contributed by atoms with E-state index in [9.17, 15) is 13.3 Å². The van der Waals surface area contributed by atoms with Crippen LogP contribution in [0.2, 0.25) is 0 Å². The summed E-state index contributed by atoms with van der Waals surface area (Å²) in [5.74, 6) is -1.35. The van der Waals surface area contributed by atoms with Gasteiger partial charge in [0, 0.05) is 7.11 Å². The van der Waals surface area contributed by atoms with E-state index in [0.29, 0.717) is 0 Å². The third-order valence-corrected chi connectivity index (χ3v) is 5.10. The van der Waals surface area contributed by atoms with Crippen molar-refractivity contribution < 1.29 is 17.9 Å². The van der Waals surface area contributed by atoms with Gasteiger partial charge in [-0.25, -0.2) is 8.78 Å². The smallest absolute Gasteiger partial charge is 0.266 e. The molecule has 0 saturated carbocycles. The second-order valence-electron chi connectivity index (χ2n) is 3.64. The summed E-state index contributed by atoms with van der Waals surface area (Å²) in [5, 5.41) is -0.254. The quantitative estimate of drug-likeness (QED) is 0.800. The van der Waals surface area contributed by atoms with Crippen molar-refractivity contribution >= 4 is 18.0 Å². The summed E-state index contributed by atoms with van der Waals surface area (Å²) in [4.78, 5) is 0. The van der Waals surface area contributed by atoms with E-state index in [0.717, 1.165) is 0 Å². The highest BCUT2D eigenvalue weighted by Crippen LogP contribution is 2.44. The largest absolute Gasteiger partial charge is 0.325 e. The molecule has 0 aliphatic rings. The summed E-state index contributed by atoms with van der Waals surface area (Å²) >= 11 is 0. The Morgan fingerprint density at radius 1 is 0.889 bits per heavy atom. The molecular weight excluding hydrogens is 257 g/mol.